The van der Waals surface area contributed by atoms with E-state index in [1.165, 1.54) is 0 Å². The van der Waals surface area contributed by atoms with Gasteiger partial charge in [0, 0.05) is 127 Å². The van der Waals surface area contributed by atoms with Gasteiger partial charge >= 0.3 is 0 Å². The number of carbonyl (C=O) groups is 12. The lowest BCUT2D eigenvalue weighted by Gasteiger charge is -2.28. The van der Waals surface area contributed by atoms with Crippen LogP contribution in [0, 0.1) is 59.2 Å². The highest BCUT2D eigenvalue weighted by Crippen LogP contribution is 2.30. The van der Waals surface area contributed by atoms with E-state index in [0.717, 1.165) is 25.7 Å². The first-order valence-corrected chi connectivity index (χ1v) is 36.9. The fourth-order valence-corrected chi connectivity index (χ4v) is 15.0. The fraction of sp³-hybridized carbons (Fsp3) is 0.829. The van der Waals surface area contributed by atoms with Crippen molar-refractivity contribution in [2.45, 2.75) is 257 Å². The standard InChI is InChI=1S/C70H124N16O14/c1-37(2)17-42(76-59(89)24-44(19-39(5)6)81-69(99)53-31-75-34-58(53)85-64(94)26-46(21-41(9)10)80-68(98)50-14-12-16-55(50)86-67(97)49-13-11-15-54(49)71)22-60(90)78-47(35-87)27-62(92)77-43(18-38(3)4)23-63(93)84-57-33-74-30-52(57)70(100)82-45(20-40(7)8)25-61(91)79-48(36-88)28-65(95)83-56-32-73-29-51(56)66(72)96/h37-58,73-75,87-88H,11-36,71H2,1-10H3,(H2,72,96)(H,76,89)(H,77,92)(H,78,90)(H,79,91)(H,80,98)(H,81,99)(H,82,100)(H,83,95)(H,84,93)(H,85,94)(H,86,97)/t42-,43-,44-,45-,46-,47+,48+,49-,50-,51-,52-,53-,54-,55-,56-,57-,58-/m0/s1. The van der Waals surface area contributed by atoms with Gasteiger partial charge in [-0.3, -0.25) is 57.5 Å². The minimum absolute atomic E-state index is 0.00761. The maximum Gasteiger partial charge on any atom is 0.226 e. The van der Waals surface area contributed by atoms with E-state index in [4.69, 9.17) is 11.5 Å². The van der Waals surface area contributed by atoms with E-state index in [1.54, 1.807) is 0 Å². The number of rotatable bonds is 42. The number of carbonyl (C=O) groups excluding carboxylic acids is 12. The van der Waals surface area contributed by atoms with Crippen LogP contribution in [0.2, 0.25) is 0 Å². The molecule has 0 radical (unpaired) electrons. The normalized spacial score (nSPS) is 24.9. The third kappa shape index (κ3) is 29.4. The molecule has 5 fully saturated rings. The quantitative estimate of drug-likeness (QED) is 0.0325. The Morgan fingerprint density at radius 1 is 0.330 bits per heavy atom. The molecule has 0 aromatic rings. The largest absolute Gasteiger partial charge is 0.394 e. The topological polar surface area (TPSA) is 466 Å². The highest BCUT2D eigenvalue weighted by atomic mass is 16.3. The zero-order chi connectivity index (χ0) is 73.9. The van der Waals surface area contributed by atoms with E-state index in [9.17, 15) is 67.7 Å². The number of nitrogens with two attached hydrogens (primary N) is 2. The summed E-state index contributed by atoms with van der Waals surface area (Å²) >= 11 is 0. The van der Waals surface area contributed by atoms with Crippen LogP contribution in [0.25, 0.3) is 0 Å². The van der Waals surface area contributed by atoms with Gasteiger partial charge in [0.05, 0.1) is 73.0 Å². The van der Waals surface area contributed by atoms with Crippen molar-refractivity contribution in [3.05, 3.63) is 0 Å². The average Bonchev–Trinajstić information content (AvgIpc) is 1.72. The molecule has 0 spiro atoms. The molecule has 5 rings (SSSR count). The Hall–Kier alpha value is -6.60. The molecule has 30 nitrogen and oxygen atoms in total. The molecule has 3 heterocycles. The molecule has 2 aliphatic carbocycles. The lowest BCUT2D eigenvalue weighted by atomic mass is 9.96. The van der Waals surface area contributed by atoms with Crippen LogP contribution in [0.15, 0.2) is 0 Å². The van der Waals surface area contributed by atoms with Crippen LogP contribution in [0.3, 0.4) is 0 Å². The van der Waals surface area contributed by atoms with Gasteiger partial charge in [-0.1, -0.05) is 82.1 Å². The number of aliphatic hydroxyl groups excluding tert-OH is 2. The maximum atomic E-state index is 14.1. The van der Waals surface area contributed by atoms with E-state index < -0.39 is 145 Å². The van der Waals surface area contributed by atoms with E-state index in [2.05, 4.69) is 74.4 Å². The van der Waals surface area contributed by atoms with Crippen molar-refractivity contribution in [2.24, 2.45) is 70.6 Å². The minimum atomic E-state index is -1.02. The van der Waals surface area contributed by atoms with Crippen LogP contribution in [-0.4, -0.2) is 206 Å². The molecule has 3 aliphatic heterocycles. The Labute approximate surface area is 591 Å². The number of aliphatic hydroxyl groups is 2. The van der Waals surface area contributed by atoms with Crippen LogP contribution in [0.1, 0.15) is 185 Å². The molecule has 0 aromatic heterocycles. The number of hydrogen-bond donors (Lipinski definition) is 18. The fourth-order valence-electron chi connectivity index (χ4n) is 15.0. The summed E-state index contributed by atoms with van der Waals surface area (Å²) < 4.78 is 0. The highest BCUT2D eigenvalue weighted by molar-refractivity contribution is 5.88. The maximum absolute atomic E-state index is 14.1. The second-order valence-electron chi connectivity index (χ2n) is 31.2. The minimum Gasteiger partial charge on any atom is -0.394 e. The Morgan fingerprint density at radius 2 is 0.620 bits per heavy atom. The summed E-state index contributed by atoms with van der Waals surface area (Å²) in [5.41, 5.74) is 11.7. The van der Waals surface area contributed by atoms with E-state index in [0.29, 0.717) is 64.6 Å². The monoisotopic (exact) mass is 1410 g/mol. The second kappa shape index (κ2) is 42.1. The molecule has 568 valence electrons. The van der Waals surface area contributed by atoms with Crippen LogP contribution in [0.5, 0.6) is 0 Å². The molecule has 0 aromatic carbocycles. The first kappa shape index (κ1) is 84.1. The third-order valence-corrected chi connectivity index (χ3v) is 19.5. The highest BCUT2D eigenvalue weighted by Gasteiger charge is 2.41. The third-order valence-electron chi connectivity index (χ3n) is 19.5. The average molecular weight is 1410 g/mol. The smallest absolute Gasteiger partial charge is 0.226 e. The predicted octanol–water partition coefficient (Wildman–Crippen LogP) is -1.66. The van der Waals surface area contributed by atoms with Gasteiger partial charge in [0.15, 0.2) is 0 Å². The van der Waals surface area contributed by atoms with Crippen LogP contribution < -0.4 is 85.9 Å². The van der Waals surface area contributed by atoms with Crippen LogP contribution in [0.4, 0.5) is 0 Å². The molecule has 0 unspecified atom stereocenters. The molecule has 100 heavy (non-hydrogen) atoms. The molecule has 12 amide bonds. The Balaban J connectivity index is 1.09. The van der Waals surface area contributed by atoms with E-state index in [-0.39, 0.29) is 136 Å². The number of amides is 12. The number of nitrogens with one attached hydrogen (secondary N) is 14. The van der Waals surface area contributed by atoms with E-state index in [1.807, 2.05) is 69.2 Å². The first-order chi connectivity index (χ1) is 47.3. The molecule has 30 heteroatoms. The summed E-state index contributed by atoms with van der Waals surface area (Å²) in [7, 11) is 0. The van der Waals surface area contributed by atoms with Crippen molar-refractivity contribution in [1.82, 2.24) is 74.4 Å². The van der Waals surface area contributed by atoms with Gasteiger partial charge in [0.1, 0.15) is 0 Å². The SMILES string of the molecule is CC(C)C[C@@H](CC(=O)N[C@@H](CO)CC(=O)N[C@H](CC(=O)N[C@H]1CNC[C@@H]1C(=O)N[C@H](CC(=O)N[C@@H](CO)CC(=O)N[C@H]1CNC[C@@H]1C(N)=O)CC(C)C)CC(C)C)NC(=O)C[C@H](CC(C)C)NC(=O)[C@H]1CNC[C@@H]1NC(=O)C[C@H](CC(C)C)NC(=O)[C@H]1CCC[C@@H]1NC(=O)[C@H]1CCC[C@@H]1N. The van der Waals surface area contributed by atoms with Crippen molar-refractivity contribution < 1.29 is 67.7 Å². The zero-order valence-electron chi connectivity index (χ0n) is 61.0. The Kier molecular flexibility index (Phi) is 35.4. The van der Waals surface area contributed by atoms with Crippen molar-refractivity contribution >= 4 is 70.9 Å². The zero-order valence-corrected chi connectivity index (χ0v) is 61.0. The van der Waals surface area contributed by atoms with Crippen LogP contribution >= 0.6 is 0 Å². The van der Waals surface area contributed by atoms with Gasteiger partial charge in [-0.15, -0.1) is 0 Å². The molecule has 2 saturated carbocycles. The molecule has 5 aliphatic rings. The predicted molar refractivity (Wildman–Crippen MR) is 376 cm³/mol. The van der Waals surface area contributed by atoms with E-state index >= 15 is 0 Å². The van der Waals surface area contributed by atoms with Crippen molar-refractivity contribution in [3.8, 4) is 0 Å². The molecule has 17 atom stereocenters. The summed E-state index contributed by atoms with van der Waals surface area (Å²) in [6, 6.07) is -7.20. The van der Waals surface area contributed by atoms with Crippen LogP contribution in [-0.2, 0) is 57.5 Å². The number of hydrogen-bond acceptors (Lipinski definition) is 18. The Morgan fingerprint density at radius 3 is 0.960 bits per heavy atom. The van der Waals surface area contributed by atoms with Gasteiger partial charge in [-0.05, 0) is 87.4 Å². The Bertz CT molecular complexity index is 2720. The van der Waals surface area contributed by atoms with Gasteiger partial charge in [0.2, 0.25) is 70.9 Å². The number of primary amides is 1. The first-order valence-electron chi connectivity index (χ1n) is 36.9. The molecule has 20 N–H and O–H groups in total. The van der Waals surface area contributed by atoms with Gasteiger partial charge < -0.3 is 96.1 Å². The summed E-state index contributed by atoms with van der Waals surface area (Å²) in [5, 5.41) is 62.2. The molecular weight excluding hydrogens is 1290 g/mol. The second-order valence-corrected chi connectivity index (χ2v) is 31.2. The van der Waals surface area contributed by atoms with Gasteiger partial charge in [-0.25, -0.2) is 0 Å². The summed E-state index contributed by atoms with van der Waals surface area (Å²) in [6.45, 7) is 20.3. The summed E-state index contributed by atoms with van der Waals surface area (Å²) in [4.78, 5) is 162. The van der Waals surface area contributed by atoms with Crippen molar-refractivity contribution in [1.29, 1.82) is 0 Å². The van der Waals surface area contributed by atoms with Gasteiger partial charge in [0.25, 0.3) is 0 Å². The van der Waals surface area contributed by atoms with Crippen molar-refractivity contribution in [3.63, 3.8) is 0 Å². The van der Waals surface area contributed by atoms with Crippen molar-refractivity contribution in [2.75, 3.05) is 52.5 Å². The molecule has 3 saturated heterocycles. The molecule has 0 bridgehead atoms. The lowest BCUT2D eigenvalue weighted by Crippen LogP contribution is -2.52. The lowest BCUT2D eigenvalue weighted by molar-refractivity contribution is -0.131. The summed E-state index contributed by atoms with van der Waals surface area (Å²) in [5.74, 6) is -7.05. The summed E-state index contributed by atoms with van der Waals surface area (Å²) in [6.07, 6.45) is 5.60. The molecular formula is C70H124N16O14. The van der Waals surface area contributed by atoms with Gasteiger partial charge in [-0.2, -0.15) is 0 Å².